The van der Waals surface area contributed by atoms with E-state index in [2.05, 4.69) is 45.3 Å². The lowest BCUT2D eigenvalue weighted by molar-refractivity contribution is 0.0588. The van der Waals surface area contributed by atoms with Crippen LogP contribution in [0.4, 0.5) is 10.6 Å². The van der Waals surface area contributed by atoms with Crippen molar-refractivity contribution in [2.75, 3.05) is 11.9 Å². The zero-order valence-corrected chi connectivity index (χ0v) is 17.5. The van der Waals surface area contributed by atoms with Gasteiger partial charge in [-0.3, -0.25) is 9.88 Å². The summed E-state index contributed by atoms with van der Waals surface area (Å²) in [5.41, 5.74) is 4.70. The summed E-state index contributed by atoms with van der Waals surface area (Å²) in [4.78, 5) is 25.6. The Labute approximate surface area is 175 Å². The van der Waals surface area contributed by atoms with Crippen molar-refractivity contribution in [3.63, 3.8) is 0 Å². The molecule has 0 radical (unpaired) electrons. The number of pyridine rings is 2. The van der Waals surface area contributed by atoms with Crippen LogP contribution in [-0.2, 0) is 4.74 Å². The van der Waals surface area contributed by atoms with E-state index < -0.39 is 11.7 Å². The Hall–Kier alpha value is -3.67. The molecule has 6 nitrogen and oxygen atoms in total. The van der Waals surface area contributed by atoms with Crippen molar-refractivity contribution in [2.45, 2.75) is 26.4 Å². The maximum Gasteiger partial charge on any atom is 0.415 e. The van der Waals surface area contributed by atoms with Gasteiger partial charge in [-0.05, 0) is 56.2 Å². The summed E-state index contributed by atoms with van der Waals surface area (Å²) in [5, 5.41) is 1.09. The number of amides is 1. The van der Waals surface area contributed by atoms with Crippen LogP contribution in [0.1, 0.15) is 20.8 Å². The lowest BCUT2D eigenvalue weighted by Gasteiger charge is -2.24. The van der Waals surface area contributed by atoms with Crippen molar-refractivity contribution in [2.24, 2.45) is 0 Å². The predicted molar refractivity (Wildman–Crippen MR) is 119 cm³/mol. The summed E-state index contributed by atoms with van der Waals surface area (Å²) >= 11 is 0. The van der Waals surface area contributed by atoms with Crippen molar-refractivity contribution in [3.8, 4) is 22.4 Å². The Morgan fingerprint density at radius 1 is 0.967 bits per heavy atom. The monoisotopic (exact) mass is 400 g/mol. The molecule has 0 aliphatic heterocycles. The molecule has 1 amide bonds. The van der Waals surface area contributed by atoms with Gasteiger partial charge in [0.15, 0.2) is 0 Å². The van der Waals surface area contributed by atoms with Crippen molar-refractivity contribution in [3.05, 3.63) is 67.1 Å². The second-order valence-electron chi connectivity index (χ2n) is 8.17. The number of fused-ring (bicyclic) bond motifs is 1. The van der Waals surface area contributed by atoms with Crippen LogP contribution in [-0.4, -0.2) is 33.7 Å². The van der Waals surface area contributed by atoms with E-state index >= 15 is 0 Å². The van der Waals surface area contributed by atoms with Crippen molar-refractivity contribution in [1.82, 2.24) is 15.0 Å². The Kier molecular flexibility index (Phi) is 4.99. The highest BCUT2D eigenvalue weighted by molar-refractivity contribution is 5.87. The minimum absolute atomic E-state index is 0.430. The van der Waals surface area contributed by atoms with Crippen LogP contribution < -0.4 is 4.90 Å². The molecular formula is C24H24N4O2. The van der Waals surface area contributed by atoms with Gasteiger partial charge in [-0.15, -0.1) is 0 Å². The lowest BCUT2D eigenvalue weighted by atomic mass is 10.0. The van der Waals surface area contributed by atoms with Crippen LogP contribution in [0, 0.1) is 0 Å². The molecule has 0 unspecified atom stereocenters. The average molecular weight is 400 g/mol. The first-order valence-corrected chi connectivity index (χ1v) is 9.76. The molecule has 0 atom stereocenters. The quantitative estimate of drug-likeness (QED) is 0.481. The summed E-state index contributed by atoms with van der Waals surface area (Å²) in [6, 6.07) is 16.1. The number of nitrogens with zero attached hydrogens (tertiary/aromatic N) is 3. The van der Waals surface area contributed by atoms with Gasteiger partial charge in [0.2, 0.25) is 0 Å². The molecule has 30 heavy (non-hydrogen) atoms. The fourth-order valence-electron chi connectivity index (χ4n) is 3.15. The number of benzene rings is 1. The minimum atomic E-state index is -0.547. The number of aromatic amines is 1. The highest BCUT2D eigenvalue weighted by atomic mass is 16.6. The molecule has 6 heteroatoms. The van der Waals surface area contributed by atoms with Gasteiger partial charge in [-0.2, -0.15) is 0 Å². The van der Waals surface area contributed by atoms with Gasteiger partial charge in [0.1, 0.15) is 11.4 Å². The molecule has 0 saturated heterocycles. The molecule has 0 saturated carbocycles. The first kappa shape index (κ1) is 19.6. The van der Waals surface area contributed by atoms with Crippen LogP contribution in [0.15, 0.2) is 67.1 Å². The zero-order valence-electron chi connectivity index (χ0n) is 17.5. The standard InChI is InChI=1S/C24H24N4O2/c1-24(2,3)30-23(29)28(4)22-10-9-18(15-26-22)16-5-7-17(8-6-16)21-13-19-14-25-12-11-20(19)27-21/h5-15,27H,1-4H3. The van der Waals surface area contributed by atoms with Gasteiger partial charge in [-0.1, -0.05) is 24.3 Å². The predicted octanol–water partition coefficient (Wildman–Crippen LogP) is 5.66. The second-order valence-corrected chi connectivity index (χ2v) is 8.17. The van der Waals surface area contributed by atoms with Gasteiger partial charge >= 0.3 is 6.09 Å². The minimum Gasteiger partial charge on any atom is -0.443 e. The van der Waals surface area contributed by atoms with Crippen molar-refractivity contribution < 1.29 is 9.53 Å². The molecule has 0 spiro atoms. The highest BCUT2D eigenvalue weighted by Crippen LogP contribution is 2.27. The number of nitrogens with one attached hydrogen (secondary N) is 1. The highest BCUT2D eigenvalue weighted by Gasteiger charge is 2.21. The van der Waals surface area contributed by atoms with E-state index in [1.165, 1.54) is 4.90 Å². The molecule has 0 aliphatic carbocycles. The number of ether oxygens (including phenoxy) is 1. The zero-order chi connectivity index (χ0) is 21.3. The average Bonchev–Trinajstić information content (AvgIpc) is 3.16. The Morgan fingerprint density at radius 2 is 1.67 bits per heavy atom. The molecule has 4 aromatic rings. The largest absolute Gasteiger partial charge is 0.443 e. The summed E-state index contributed by atoms with van der Waals surface area (Å²) < 4.78 is 5.39. The van der Waals surface area contributed by atoms with Gasteiger partial charge in [0, 0.05) is 47.8 Å². The van der Waals surface area contributed by atoms with Gasteiger partial charge in [0.05, 0.1) is 0 Å². The number of hydrogen-bond donors (Lipinski definition) is 1. The third kappa shape index (κ3) is 4.17. The van der Waals surface area contributed by atoms with Gasteiger partial charge < -0.3 is 9.72 Å². The van der Waals surface area contributed by atoms with Crippen molar-refractivity contribution >= 4 is 22.8 Å². The molecule has 0 bridgehead atoms. The van der Waals surface area contributed by atoms with Crippen LogP contribution >= 0.6 is 0 Å². The van der Waals surface area contributed by atoms with Crippen LogP contribution in [0.3, 0.4) is 0 Å². The normalized spacial score (nSPS) is 11.5. The number of anilines is 1. The summed E-state index contributed by atoms with van der Waals surface area (Å²) in [7, 11) is 1.65. The van der Waals surface area contributed by atoms with E-state index in [1.807, 2.05) is 45.2 Å². The topological polar surface area (TPSA) is 71.1 Å². The molecule has 1 N–H and O–H groups in total. The lowest BCUT2D eigenvalue weighted by Crippen LogP contribution is -2.34. The van der Waals surface area contributed by atoms with E-state index in [1.54, 1.807) is 19.4 Å². The maximum absolute atomic E-state index is 12.2. The first-order valence-electron chi connectivity index (χ1n) is 9.76. The maximum atomic E-state index is 12.2. The number of aromatic nitrogens is 3. The molecule has 152 valence electrons. The summed E-state index contributed by atoms with van der Waals surface area (Å²) in [6.45, 7) is 5.52. The Morgan fingerprint density at radius 3 is 2.30 bits per heavy atom. The second kappa shape index (κ2) is 7.63. The fraction of sp³-hybridized carbons (Fsp3) is 0.208. The summed E-state index contributed by atoms with van der Waals surface area (Å²) in [5.74, 6) is 0.538. The van der Waals surface area contributed by atoms with Crippen LogP contribution in [0.2, 0.25) is 0 Å². The number of carbonyl (C=O) groups is 1. The molecule has 1 aromatic carbocycles. The van der Waals surface area contributed by atoms with Gasteiger partial charge in [0.25, 0.3) is 0 Å². The molecule has 0 aliphatic rings. The van der Waals surface area contributed by atoms with E-state index in [0.29, 0.717) is 5.82 Å². The number of H-pyrrole nitrogens is 1. The van der Waals surface area contributed by atoms with Crippen LogP contribution in [0.5, 0.6) is 0 Å². The fourth-order valence-corrected chi connectivity index (χ4v) is 3.15. The molecule has 4 rings (SSSR count). The van der Waals surface area contributed by atoms with E-state index in [9.17, 15) is 4.79 Å². The van der Waals surface area contributed by atoms with E-state index in [-0.39, 0.29) is 0 Å². The Balaban J connectivity index is 1.51. The molecule has 3 aromatic heterocycles. The number of hydrogen-bond acceptors (Lipinski definition) is 4. The molecular weight excluding hydrogens is 376 g/mol. The number of rotatable bonds is 3. The number of carbonyl (C=O) groups excluding carboxylic acids is 1. The first-order chi connectivity index (χ1) is 14.3. The third-order valence-corrected chi connectivity index (χ3v) is 4.71. The third-order valence-electron chi connectivity index (χ3n) is 4.71. The van der Waals surface area contributed by atoms with E-state index in [4.69, 9.17) is 4.74 Å². The van der Waals surface area contributed by atoms with Crippen molar-refractivity contribution in [1.29, 1.82) is 0 Å². The smallest absolute Gasteiger partial charge is 0.415 e. The molecule has 0 fully saturated rings. The van der Waals surface area contributed by atoms with Crippen LogP contribution in [0.25, 0.3) is 33.3 Å². The van der Waals surface area contributed by atoms with E-state index in [0.717, 1.165) is 33.3 Å². The molecule has 3 heterocycles. The van der Waals surface area contributed by atoms with Gasteiger partial charge in [-0.25, -0.2) is 9.78 Å². The summed E-state index contributed by atoms with van der Waals surface area (Å²) in [6.07, 6.45) is 4.97. The SMILES string of the molecule is CN(C(=O)OC(C)(C)C)c1ccc(-c2ccc(-c3cc4cnccc4[nH]3)cc2)cn1. The Bertz CT molecular complexity index is 1140.